The van der Waals surface area contributed by atoms with Gasteiger partial charge in [-0.15, -0.1) is 0 Å². The van der Waals surface area contributed by atoms with Crippen molar-refractivity contribution < 1.29 is 0 Å². The SMILES string of the molecule is N#CC1c2ccc([nH]2)C=c2ccc([nH]2)=CC2=NC(=CC3=NC1(C#N)C=C3)C=C2. The molecule has 28 heavy (non-hydrogen) atoms. The summed E-state index contributed by atoms with van der Waals surface area (Å²) in [5, 5.41) is 21.6. The first-order chi connectivity index (χ1) is 13.7. The fourth-order valence-electron chi connectivity index (χ4n) is 3.59. The van der Waals surface area contributed by atoms with E-state index in [-0.39, 0.29) is 0 Å². The van der Waals surface area contributed by atoms with Crippen molar-refractivity contribution in [1.29, 1.82) is 10.5 Å². The largest absolute Gasteiger partial charge is 0.358 e. The Balaban J connectivity index is 1.75. The average molecular weight is 362 g/mol. The summed E-state index contributed by atoms with van der Waals surface area (Å²) in [4.78, 5) is 15.7. The Hall–Kier alpha value is -4.16. The summed E-state index contributed by atoms with van der Waals surface area (Å²) in [5.74, 6) is -0.745. The van der Waals surface area contributed by atoms with Gasteiger partial charge in [0.2, 0.25) is 0 Å². The molecule has 6 nitrogen and oxygen atoms in total. The van der Waals surface area contributed by atoms with Crippen molar-refractivity contribution >= 4 is 23.6 Å². The smallest absolute Gasteiger partial charge is 0.187 e. The molecule has 132 valence electrons. The van der Waals surface area contributed by atoms with Gasteiger partial charge in [0.15, 0.2) is 5.54 Å². The third-order valence-corrected chi connectivity index (χ3v) is 4.94. The number of rotatable bonds is 0. The van der Waals surface area contributed by atoms with Crippen LogP contribution in [0.5, 0.6) is 0 Å². The lowest BCUT2D eigenvalue weighted by Crippen LogP contribution is -2.28. The van der Waals surface area contributed by atoms with E-state index < -0.39 is 11.5 Å². The number of hydrogen-bond donors (Lipinski definition) is 2. The minimum atomic E-state index is -1.26. The molecule has 0 amide bonds. The summed E-state index contributed by atoms with van der Waals surface area (Å²) in [6.45, 7) is 0. The van der Waals surface area contributed by atoms with E-state index in [1.807, 2.05) is 54.6 Å². The molecular formula is C22H14N6. The van der Waals surface area contributed by atoms with Crippen molar-refractivity contribution in [1.82, 2.24) is 9.97 Å². The summed E-state index contributed by atoms with van der Waals surface area (Å²) >= 11 is 0. The van der Waals surface area contributed by atoms with Crippen molar-refractivity contribution in [2.45, 2.75) is 11.5 Å². The van der Waals surface area contributed by atoms with Gasteiger partial charge in [0.05, 0.1) is 29.3 Å². The fourth-order valence-corrected chi connectivity index (χ4v) is 3.59. The van der Waals surface area contributed by atoms with E-state index >= 15 is 0 Å². The number of aromatic nitrogens is 2. The van der Waals surface area contributed by atoms with Crippen LogP contribution in [0, 0.1) is 22.7 Å². The average Bonchev–Trinajstić information content (AvgIpc) is 3.47. The zero-order valence-electron chi connectivity index (χ0n) is 14.7. The minimum Gasteiger partial charge on any atom is -0.358 e. The van der Waals surface area contributed by atoms with E-state index in [2.05, 4.69) is 32.1 Å². The molecule has 3 aliphatic heterocycles. The molecule has 0 aromatic carbocycles. The predicted octanol–water partition coefficient (Wildman–Crippen LogP) is 1.74. The van der Waals surface area contributed by atoms with Crippen LogP contribution >= 0.6 is 0 Å². The molecule has 2 aromatic heterocycles. The quantitative estimate of drug-likeness (QED) is 0.745. The number of H-pyrrole nitrogens is 2. The van der Waals surface area contributed by atoms with Crippen LogP contribution in [0.3, 0.4) is 0 Å². The monoisotopic (exact) mass is 362 g/mol. The predicted molar refractivity (Wildman–Crippen MR) is 107 cm³/mol. The van der Waals surface area contributed by atoms with Gasteiger partial charge in [0.25, 0.3) is 0 Å². The van der Waals surface area contributed by atoms with Crippen LogP contribution in [0.2, 0.25) is 0 Å². The molecule has 0 spiro atoms. The number of hydrogen-bond acceptors (Lipinski definition) is 4. The summed E-state index contributed by atoms with van der Waals surface area (Å²) in [6, 6.07) is 12.2. The molecule has 3 aliphatic rings. The van der Waals surface area contributed by atoms with Crippen LogP contribution in [0.1, 0.15) is 17.3 Å². The Morgan fingerprint density at radius 1 is 0.893 bits per heavy atom. The molecule has 0 fully saturated rings. The lowest BCUT2D eigenvalue weighted by Gasteiger charge is -2.20. The molecular weight excluding hydrogens is 348 g/mol. The van der Waals surface area contributed by atoms with E-state index in [0.29, 0.717) is 11.4 Å². The van der Waals surface area contributed by atoms with Gasteiger partial charge in [-0.3, -0.25) is 4.99 Å². The molecule has 2 unspecified atom stereocenters. The second kappa shape index (κ2) is 5.94. The summed E-state index contributed by atoms with van der Waals surface area (Å²) in [7, 11) is 0. The van der Waals surface area contributed by atoms with Crippen molar-refractivity contribution in [2.24, 2.45) is 9.98 Å². The van der Waals surface area contributed by atoms with Gasteiger partial charge in [-0.1, -0.05) is 0 Å². The molecule has 2 atom stereocenters. The van der Waals surface area contributed by atoms with E-state index in [1.165, 1.54) is 0 Å². The van der Waals surface area contributed by atoms with Crippen LogP contribution in [0.4, 0.5) is 0 Å². The Labute approximate surface area is 160 Å². The Kier molecular flexibility index (Phi) is 3.40. The van der Waals surface area contributed by atoms with Gasteiger partial charge in [-0.05, 0) is 66.8 Å². The molecule has 0 aliphatic carbocycles. The molecule has 5 rings (SSSR count). The van der Waals surface area contributed by atoms with Crippen molar-refractivity contribution in [3.63, 3.8) is 0 Å². The highest BCUT2D eigenvalue weighted by molar-refractivity contribution is 6.19. The standard InChI is InChI=1S/C22H14N6/c23-12-20-21-6-5-18(27-21)10-16-2-1-14(25-16)9-15-3-4-17(26-15)11-19-7-8-22(20,13-24)28-19/h1-11,20,25,27H. The highest BCUT2D eigenvalue weighted by atomic mass is 14.9. The van der Waals surface area contributed by atoms with Crippen molar-refractivity contribution in [3.05, 3.63) is 82.4 Å². The minimum absolute atomic E-state index is 0.624. The Morgan fingerprint density at radius 2 is 1.75 bits per heavy atom. The maximum atomic E-state index is 9.87. The molecule has 2 aromatic rings. The molecule has 6 heteroatoms. The van der Waals surface area contributed by atoms with E-state index in [0.717, 1.165) is 27.8 Å². The van der Waals surface area contributed by atoms with Crippen LogP contribution < -0.4 is 10.7 Å². The van der Waals surface area contributed by atoms with E-state index in [9.17, 15) is 10.5 Å². The van der Waals surface area contributed by atoms with Gasteiger partial charge in [-0.2, -0.15) is 10.5 Å². The number of allylic oxidation sites excluding steroid dienone is 4. The maximum Gasteiger partial charge on any atom is 0.187 e. The number of aliphatic imine (C=N–C) groups is 2. The van der Waals surface area contributed by atoms with Gasteiger partial charge in [0, 0.05) is 22.1 Å². The maximum absolute atomic E-state index is 9.87. The molecule has 5 heterocycles. The number of nitriles is 2. The van der Waals surface area contributed by atoms with E-state index in [1.54, 1.807) is 12.2 Å². The highest BCUT2D eigenvalue weighted by Crippen LogP contribution is 2.35. The highest BCUT2D eigenvalue weighted by Gasteiger charge is 2.41. The lowest BCUT2D eigenvalue weighted by atomic mass is 9.85. The van der Waals surface area contributed by atoms with Crippen molar-refractivity contribution in [3.8, 4) is 12.1 Å². The summed E-state index contributed by atoms with van der Waals surface area (Å²) in [5.41, 5.74) is 2.45. The second-order valence-electron chi connectivity index (χ2n) is 6.84. The number of aromatic amines is 2. The van der Waals surface area contributed by atoms with Crippen LogP contribution in [-0.2, 0) is 0 Å². The molecule has 0 saturated carbocycles. The van der Waals surface area contributed by atoms with Crippen molar-refractivity contribution in [2.75, 3.05) is 0 Å². The first-order valence-corrected chi connectivity index (χ1v) is 8.83. The third kappa shape index (κ3) is 2.56. The first-order valence-electron chi connectivity index (χ1n) is 8.83. The molecule has 2 N–H and O–H groups in total. The van der Waals surface area contributed by atoms with Gasteiger partial charge in [-0.25, -0.2) is 4.99 Å². The topological polar surface area (TPSA) is 104 Å². The van der Waals surface area contributed by atoms with Crippen LogP contribution in [0.25, 0.3) is 12.2 Å². The molecule has 8 bridgehead atoms. The first kappa shape index (κ1) is 16.0. The zero-order valence-corrected chi connectivity index (χ0v) is 14.7. The van der Waals surface area contributed by atoms with Crippen LogP contribution in [-0.4, -0.2) is 26.9 Å². The normalized spacial score (nSPS) is 24.4. The van der Waals surface area contributed by atoms with Gasteiger partial charge >= 0.3 is 0 Å². The third-order valence-electron chi connectivity index (χ3n) is 4.94. The number of nitrogens with zero attached hydrogens (tertiary/aromatic N) is 4. The molecule has 0 saturated heterocycles. The summed E-state index contributed by atoms with van der Waals surface area (Å²) < 4.78 is 0. The number of nitrogens with one attached hydrogen (secondary N) is 2. The fraction of sp³-hybridized carbons (Fsp3) is 0.0909. The molecule has 0 radical (unpaired) electrons. The van der Waals surface area contributed by atoms with E-state index in [4.69, 9.17) is 0 Å². The Bertz CT molecular complexity index is 1340. The summed E-state index contributed by atoms with van der Waals surface area (Å²) in [6.07, 6.45) is 13.1. The van der Waals surface area contributed by atoms with Gasteiger partial charge in [0.1, 0.15) is 5.92 Å². The second-order valence-corrected chi connectivity index (χ2v) is 6.84. The van der Waals surface area contributed by atoms with Crippen LogP contribution in [0.15, 0.2) is 70.3 Å². The zero-order chi connectivity index (χ0) is 19.1. The Morgan fingerprint density at radius 3 is 2.57 bits per heavy atom. The van der Waals surface area contributed by atoms with Gasteiger partial charge < -0.3 is 9.97 Å². The lowest BCUT2D eigenvalue weighted by molar-refractivity contribution is 0.607. The number of fused-ring (bicyclic) bond motifs is 6.